The highest BCUT2D eigenvalue weighted by Crippen LogP contribution is 2.30. The van der Waals surface area contributed by atoms with Gasteiger partial charge in [0.15, 0.2) is 0 Å². The largest absolute Gasteiger partial charge is 0.456 e. The predicted octanol–water partition coefficient (Wildman–Crippen LogP) is 4.79. The van der Waals surface area contributed by atoms with Gasteiger partial charge in [-0.2, -0.15) is 0 Å². The first-order valence-electron chi connectivity index (χ1n) is 9.19. The maximum absolute atomic E-state index is 12.7. The second kappa shape index (κ2) is 6.79. The summed E-state index contributed by atoms with van der Waals surface area (Å²) in [4.78, 5) is 14.7. The standard InChI is InChI=1S/C21H24N2O2/c1-15(21(24)23-12-6-2-3-7-13-23)22-16-10-11-20-18(14-16)17-8-4-5-9-19(17)25-20/h4-5,8-11,14-15,22H,2-3,6-7,12-13H2,1H3/t15-/m0/s1. The number of amides is 1. The Balaban J connectivity index is 1.55. The van der Waals surface area contributed by atoms with E-state index >= 15 is 0 Å². The van der Waals surface area contributed by atoms with Gasteiger partial charge in [-0.3, -0.25) is 4.79 Å². The van der Waals surface area contributed by atoms with Crippen molar-refractivity contribution in [2.45, 2.75) is 38.6 Å². The lowest BCUT2D eigenvalue weighted by atomic mass is 10.1. The summed E-state index contributed by atoms with van der Waals surface area (Å²) >= 11 is 0. The van der Waals surface area contributed by atoms with Crippen LogP contribution in [0.5, 0.6) is 0 Å². The Morgan fingerprint density at radius 3 is 2.52 bits per heavy atom. The van der Waals surface area contributed by atoms with E-state index in [2.05, 4.69) is 17.4 Å². The number of carbonyl (C=O) groups excluding carboxylic acids is 1. The number of furan rings is 1. The van der Waals surface area contributed by atoms with E-state index in [1.807, 2.05) is 42.2 Å². The van der Waals surface area contributed by atoms with E-state index in [4.69, 9.17) is 4.42 Å². The smallest absolute Gasteiger partial charge is 0.244 e. The molecule has 1 N–H and O–H groups in total. The number of para-hydroxylation sites is 1. The number of nitrogens with zero attached hydrogens (tertiary/aromatic N) is 1. The third-order valence-electron chi connectivity index (χ3n) is 5.05. The number of carbonyl (C=O) groups is 1. The Morgan fingerprint density at radius 1 is 1.00 bits per heavy atom. The number of hydrogen-bond acceptors (Lipinski definition) is 3. The number of anilines is 1. The Kier molecular flexibility index (Phi) is 4.35. The van der Waals surface area contributed by atoms with Crippen molar-refractivity contribution in [1.29, 1.82) is 0 Å². The van der Waals surface area contributed by atoms with Gasteiger partial charge in [0.1, 0.15) is 17.2 Å². The Morgan fingerprint density at radius 2 is 1.72 bits per heavy atom. The molecular formula is C21H24N2O2. The van der Waals surface area contributed by atoms with E-state index < -0.39 is 0 Å². The summed E-state index contributed by atoms with van der Waals surface area (Å²) in [6.07, 6.45) is 4.70. The van der Waals surface area contributed by atoms with Crippen LogP contribution in [0.3, 0.4) is 0 Å². The molecule has 1 aliphatic heterocycles. The van der Waals surface area contributed by atoms with Crippen molar-refractivity contribution < 1.29 is 9.21 Å². The Labute approximate surface area is 147 Å². The van der Waals surface area contributed by atoms with E-state index in [-0.39, 0.29) is 11.9 Å². The molecular weight excluding hydrogens is 312 g/mol. The lowest BCUT2D eigenvalue weighted by molar-refractivity contribution is -0.131. The minimum Gasteiger partial charge on any atom is -0.456 e. The fraction of sp³-hybridized carbons (Fsp3) is 0.381. The van der Waals surface area contributed by atoms with Gasteiger partial charge in [-0.15, -0.1) is 0 Å². The molecule has 3 aromatic rings. The van der Waals surface area contributed by atoms with Gasteiger partial charge in [0.25, 0.3) is 0 Å². The van der Waals surface area contributed by atoms with Crippen molar-refractivity contribution in [3.63, 3.8) is 0 Å². The normalized spacial score (nSPS) is 16.8. The van der Waals surface area contributed by atoms with Crippen molar-refractivity contribution in [3.8, 4) is 0 Å². The first kappa shape index (κ1) is 16.0. The molecule has 130 valence electrons. The van der Waals surface area contributed by atoms with E-state index in [0.29, 0.717) is 0 Å². The molecule has 1 saturated heterocycles. The van der Waals surface area contributed by atoms with Gasteiger partial charge < -0.3 is 14.6 Å². The molecule has 1 aliphatic rings. The number of rotatable bonds is 3. The lowest BCUT2D eigenvalue weighted by Gasteiger charge is -2.25. The number of benzene rings is 2. The molecule has 0 bridgehead atoms. The fourth-order valence-corrected chi connectivity index (χ4v) is 3.69. The molecule has 0 spiro atoms. The highest BCUT2D eigenvalue weighted by atomic mass is 16.3. The minimum absolute atomic E-state index is 0.194. The second-order valence-electron chi connectivity index (χ2n) is 6.91. The third-order valence-corrected chi connectivity index (χ3v) is 5.05. The van der Waals surface area contributed by atoms with Crippen LogP contribution in [0.2, 0.25) is 0 Å². The van der Waals surface area contributed by atoms with Crippen LogP contribution >= 0.6 is 0 Å². The number of fused-ring (bicyclic) bond motifs is 3. The van der Waals surface area contributed by atoms with Crippen molar-refractivity contribution in [1.82, 2.24) is 4.90 Å². The van der Waals surface area contributed by atoms with E-state index in [0.717, 1.165) is 53.6 Å². The summed E-state index contributed by atoms with van der Waals surface area (Å²) in [6.45, 7) is 3.72. The lowest BCUT2D eigenvalue weighted by Crippen LogP contribution is -2.41. The van der Waals surface area contributed by atoms with Crippen LogP contribution in [0.1, 0.15) is 32.6 Å². The molecule has 0 aliphatic carbocycles. The molecule has 4 heteroatoms. The van der Waals surface area contributed by atoms with Crippen molar-refractivity contribution in [2.75, 3.05) is 18.4 Å². The zero-order valence-electron chi connectivity index (χ0n) is 14.6. The molecule has 0 unspecified atom stereocenters. The Bertz CT molecular complexity index is 891. The quantitative estimate of drug-likeness (QED) is 0.748. The molecule has 25 heavy (non-hydrogen) atoms. The maximum atomic E-state index is 12.7. The molecule has 4 nitrogen and oxygen atoms in total. The molecule has 4 rings (SSSR count). The molecule has 2 heterocycles. The van der Waals surface area contributed by atoms with Crippen LogP contribution in [0.4, 0.5) is 5.69 Å². The summed E-state index contributed by atoms with van der Waals surface area (Å²) in [5.74, 6) is 0.194. The number of likely N-dealkylation sites (tertiary alicyclic amines) is 1. The molecule has 1 aromatic heterocycles. The van der Waals surface area contributed by atoms with Gasteiger partial charge in [0, 0.05) is 29.5 Å². The fourth-order valence-electron chi connectivity index (χ4n) is 3.69. The van der Waals surface area contributed by atoms with Crippen molar-refractivity contribution in [2.24, 2.45) is 0 Å². The molecule has 0 radical (unpaired) electrons. The highest BCUT2D eigenvalue weighted by Gasteiger charge is 2.21. The van der Waals surface area contributed by atoms with Gasteiger partial charge in [-0.1, -0.05) is 31.0 Å². The average Bonchev–Trinajstić information content (AvgIpc) is 2.80. The molecule has 1 amide bonds. The molecule has 1 atom stereocenters. The number of nitrogens with one attached hydrogen (secondary N) is 1. The van der Waals surface area contributed by atoms with Crippen LogP contribution in [-0.4, -0.2) is 29.9 Å². The predicted molar refractivity (Wildman–Crippen MR) is 102 cm³/mol. The van der Waals surface area contributed by atoms with Crippen LogP contribution < -0.4 is 5.32 Å². The monoisotopic (exact) mass is 336 g/mol. The maximum Gasteiger partial charge on any atom is 0.244 e. The molecule has 1 fully saturated rings. The summed E-state index contributed by atoms with van der Waals surface area (Å²) < 4.78 is 5.87. The summed E-state index contributed by atoms with van der Waals surface area (Å²) in [7, 11) is 0. The van der Waals surface area contributed by atoms with Gasteiger partial charge in [-0.25, -0.2) is 0 Å². The first-order valence-corrected chi connectivity index (χ1v) is 9.19. The van der Waals surface area contributed by atoms with E-state index in [1.54, 1.807) is 0 Å². The van der Waals surface area contributed by atoms with E-state index in [1.165, 1.54) is 12.8 Å². The van der Waals surface area contributed by atoms with Gasteiger partial charge in [0.05, 0.1) is 0 Å². The first-order chi connectivity index (χ1) is 12.2. The summed E-state index contributed by atoms with van der Waals surface area (Å²) in [5, 5.41) is 5.56. The number of hydrogen-bond donors (Lipinski definition) is 1. The van der Waals surface area contributed by atoms with Crippen molar-refractivity contribution in [3.05, 3.63) is 42.5 Å². The zero-order chi connectivity index (χ0) is 17.2. The minimum atomic E-state index is -0.228. The highest BCUT2D eigenvalue weighted by molar-refractivity contribution is 6.06. The molecule has 0 saturated carbocycles. The van der Waals surface area contributed by atoms with Crippen molar-refractivity contribution >= 4 is 33.5 Å². The van der Waals surface area contributed by atoms with Crippen LogP contribution in [0.15, 0.2) is 46.9 Å². The second-order valence-corrected chi connectivity index (χ2v) is 6.91. The van der Waals surface area contributed by atoms with E-state index in [9.17, 15) is 4.79 Å². The molecule has 2 aromatic carbocycles. The average molecular weight is 336 g/mol. The van der Waals surface area contributed by atoms with Gasteiger partial charge >= 0.3 is 0 Å². The summed E-state index contributed by atoms with van der Waals surface area (Å²) in [6, 6.07) is 13.8. The third kappa shape index (κ3) is 3.21. The van der Waals surface area contributed by atoms with Gasteiger partial charge in [-0.05, 0) is 44.0 Å². The SMILES string of the molecule is C[C@H](Nc1ccc2oc3ccccc3c2c1)C(=O)N1CCCCCC1. The van der Waals surface area contributed by atoms with Gasteiger partial charge in [0.2, 0.25) is 5.91 Å². The Hall–Kier alpha value is -2.49. The van der Waals surface area contributed by atoms with Crippen LogP contribution in [0.25, 0.3) is 21.9 Å². The zero-order valence-corrected chi connectivity index (χ0v) is 14.6. The topological polar surface area (TPSA) is 45.5 Å². The van der Waals surface area contributed by atoms with Crippen LogP contribution in [-0.2, 0) is 4.79 Å². The van der Waals surface area contributed by atoms with Crippen LogP contribution in [0, 0.1) is 0 Å². The summed E-state index contributed by atoms with van der Waals surface area (Å²) in [5.41, 5.74) is 2.72.